The molecule has 14 heavy (non-hydrogen) atoms. The lowest BCUT2D eigenvalue weighted by molar-refractivity contribution is -0.120. The van der Waals surface area contributed by atoms with Crippen molar-refractivity contribution in [2.45, 2.75) is 32.6 Å². The van der Waals surface area contributed by atoms with Crippen molar-refractivity contribution in [2.75, 3.05) is 0 Å². The fourth-order valence-electron chi connectivity index (χ4n) is 2.08. The molecule has 2 rings (SSSR count). The molecule has 1 aromatic rings. The van der Waals surface area contributed by atoms with Crippen molar-refractivity contribution in [2.24, 2.45) is 5.92 Å². The summed E-state index contributed by atoms with van der Waals surface area (Å²) >= 11 is 0. The Balaban J connectivity index is 2.09. The number of carbonyl (C=O) groups is 1. The largest absolute Gasteiger partial charge is 0.299 e. The molecule has 0 heterocycles. The smallest absolute Gasteiger partial charge is 0.136 e. The molecule has 2 unspecified atom stereocenters. The third kappa shape index (κ3) is 1.72. The van der Waals surface area contributed by atoms with Gasteiger partial charge in [0.1, 0.15) is 5.78 Å². The van der Waals surface area contributed by atoms with Crippen LogP contribution in [0.25, 0.3) is 0 Å². The number of carbonyl (C=O) groups excluding carboxylic acids is 1. The van der Waals surface area contributed by atoms with Crippen LogP contribution in [-0.2, 0) is 4.79 Å². The number of hydrogen-bond acceptors (Lipinski definition) is 1. The third-order valence-corrected chi connectivity index (χ3v) is 3.02. The molecule has 74 valence electrons. The van der Waals surface area contributed by atoms with E-state index in [9.17, 15) is 4.79 Å². The molecule has 0 amide bonds. The van der Waals surface area contributed by atoms with Crippen molar-refractivity contribution in [1.82, 2.24) is 0 Å². The van der Waals surface area contributed by atoms with Gasteiger partial charge in [0, 0.05) is 12.3 Å². The zero-order valence-electron chi connectivity index (χ0n) is 8.79. The van der Waals surface area contributed by atoms with Crippen LogP contribution < -0.4 is 0 Å². The number of benzene rings is 1. The predicted octanol–water partition coefficient (Wildman–Crippen LogP) is 3.08. The van der Waals surface area contributed by atoms with E-state index in [0.717, 1.165) is 6.42 Å². The molecule has 0 aromatic heterocycles. The lowest BCUT2D eigenvalue weighted by Gasteiger charge is -2.00. The Bertz CT molecular complexity index is 354. The molecule has 1 aromatic carbocycles. The second-order valence-corrected chi connectivity index (χ2v) is 4.18. The van der Waals surface area contributed by atoms with Crippen LogP contribution in [-0.4, -0.2) is 5.78 Å². The highest BCUT2D eigenvalue weighted by Crippen LogP contribution is 2.48. The summed E-state index contributed by atoms with van der Waals surface area (Å²) in [6.07, 6.45) is 1.75. The van der Waals surface area contributed by atoms with E-state index in [-0.39, 0.29) is 0 Å². The quantitative estimate of drug-likeness (QED) is 0.712. The highest BCUT2D eigenvalue weighted by molar-refractivity contribution is 5.84. The minimum atomic E-state index is 0.321. The maximum absolute atomic E-state index is 11.4. The van der Waals surface area contributed by atoms with Gasteiger partial charge in [-0.3, -0.25) is 4.79 Å². The van der Waals surface area contributed by atoms with E-state index in [1.807, 2.05) is 6.92 Å². The molecule has 1 heteroatoms. The maximum atomic E-state index is 11.4. The molecule has 0 spiro atoms. The van der Waals surface area contributed by atoms with Crippen molar-refractivity contribution in [3.63, 3.8) is 0 Å². The first-order chi connectivity index (χ1) is 6.72. The SMILES string of the molecule is CCC(=O)C1CC1c1cccc(C)c1. The van der Waals surface area contributed by atoms with Crippen LogP contribution >= 0.6 is 0 Å². The van der Waals surface area contributed by atoms with Gasteiger partial charge in [0.2, 0.25) is 0 Å². The van der Waals surface area contributed by atoms with Crippen LogP contribution in [0.4, 0.5) is 0 Å². The van der Waals surface area contributed by atoms with Crippen molar-refractivity contribution >= 4 is 5.78 Å². The summed E-state index contributed by atoms with van der Waals surface area (Å²) in [6.45, 7) is 4.05. The Morgan fingerprint density at radius 2 is 2.29 bits per heavy atom. The average molecular weight is 188 g/mol. The van der Waals surface area contributed by atoms with Gasteiger partial charge in [0.05, 0.1) is 0 Å². The fraction of sp³-hybridized carbons (Fsp3) is 0.462. The van der Waals surface area contributed by atoms with Crippen molar-refractivity contribution in [3.8, 4) is 0 Å². The molecular weight excluding hydrogens is 172 g/mol. The van der Waals surface area contributed by atoms with Gasteiger partial charge in [0.25, 0.3) is 0 Å². The normalized spacial score (nSPS) is 24.7. The fourth-order valence-corrected chi connectivity index (χ4v) is 2.08. The van der Waals surface area contributed by atoms with Gasteiger partial charge in [-0.1, -0.05) is 36.8 Å². The number of hydrogen-bond donors (Lipinski definition) is 0. The van der Waals surface area contributed by atoms with E-state index in [1.54, 1.807) is 0 Å². The third-order valence-electron chi connectivity index (χ3n) is 3.02. The zero-order chi connectivity index (χ0) is 10.1. The van der Waals surface area contributed by atoms with E-state index in [0.29, 0.717) is 24.0 Å². The molecule has 1 fully saturated rings. The summed E-state index contributed by atoms with van der Waals surface area (Å²) in [4.78, 5) is 11.4. The summed E-state index contributed by atoms with van der Waals surface area (Å²) in [6, 6.07) is 8.52. The van der Waals surface area contributed by atoms with Gasteiger partial charge in [-0.2, -0.15) is 0 Å². The van der Waals surface area contributed by atoms with Gasteiger partial charge >= 0.3 is 0 Å². The summed E-state index contributed by atoms with van der Waals surface area (Å²) in [5.74, 6) is 1.26. The Hall–Kier alpha value is -1.11. The second-order valence-electron chi connectivity index (χ2n) is 4.18. The number of ketones is 1. The molecule has 0 radical (unpaired) electrons. The summed E-state index contributed by atoms with van der Waals surface area (Å²) in [5, 5.41) is 0. The van der Waals surface area contributed by atoms with E-state index >= 15 is 0 Å². The minimum Gasteiger partial charge on any atom is -0.299 e. The van der Waals surface area contributed by atoms with Crippen LogP contribution in [0.15, 0.2) is 24.3 Å². The van der Waals surface area contributed by atoms with Crippen LogP contribution in [0.2, 0.25) is 0 Å². The Morgan fingerprint density at radius 1 is 1.50 bits per heavy atom. The van der Waals surface area contributed by atoms with Gasteiger partial charge in [-0.25, -0.2) is 0 Å². The molecule has 0 bridgehead atoms. The van der Waals surface area contributed by atoms with Gasteiger partial charge in [-0.15, -0.1) is 0 Å². The highest BCUT2D eigenvalue weighted by atomic mass is 16.1. The van der Waals surface area contributed by atoms with Crippen LogP contribution in [0.3, 0.4) is 0 Å². The van der Waals surface area contributed by atoms with Gasteiger partial charge in [-0.05, 0) is 24.8 Å². The number of Topliss-reactive ketones (excluding diaryl/α,β-unsaturated/α-hetero) is 1. The van der Waals surface area contributed by atoms with E-state index in [1.165, 1.54) is 11.1 Å². The first kappa shape index (κ1) is 9.45. The summed E-state index contributed by atoms with van der Waals surface area (Å²) in [5.41, 5.74) is 2.63. The van der Waals surface area contributed by atoms with Crippen LogP contribution in [0.5, 0.6) is 0 Å². The molecule has 0 saturated heterocycles. The Morgan fingerprint density at radius 3 is 2.93 bits per heavy atom. The van der Waals surface area contributed by atoms with Gasteiger partial charge < -0.3 is 0 Å². The van der Waals surface area contributed by atoms with Crippen molar-refractivity contribution in [1.29, 1.82) is 0 Å². The Kier molecular flexibility index (Phi) is 2.40. The highest BCUT2D eigenvalue weighted by Gasteiger charge is 2.42. The standard InChI is InChI=1S/C13H16O/c1-3-13(14)12-8-11(12)10-6-4-5-9(2)7-10/h4-7,11-12H,3,8H2,1-2H3. The van der Waals surface area contributed by atoms with Gasteiger partial charge in [0.15, 0.2) is 0 Å². The first-order valence-corrected chi connectivity index (χ1v) is 5.31. The maximum Gasteiger partial charge on any atom is 0.136 e. The van der Waals surface area contributed by atoms with E-state index in [4.69, 9.17) is 0 Å². The first-order valence-electron chi connectivity index (χ1n) is 5.31. The monoisotopic (exact) mass is 188 g/mol. The Labute approximate surface area is 85.1 Å². The van der Waals surface area contributed by atoms with Crippen LogP contribution in [0, 0.1) is 12.8 Å². The molecule has 0 N–H and O–H groups in total. The van der Waals surface area contributed by atoms with E-state index < -0.39 is 0 Å². The average Bonchev–Trinajstić information content (AvgIpc) is 2.96. The molecule has 1 nitrogen and oxygen atoms in total. The topological polar surface area (TPSA) is 17.1 Å². The number of aryl methyl sites for hydroxylation is 1. The summed E-state index contributed by atoms with van der Waals surface area (Å²) < 4.78 is 0. The molecule has 1 aliphatic rings. The molecule has 1 saturated carbocycles. The molecule has 1 aliphatic carbocycles. The molecule has 2 atom stereocenters. The minimum absolute atomic E-state index is 0.321. The van der Waals surface area contributed by atoms with Crippen molar-refractivity contribution < 1.29 is 4.79 Å². The predicted molar refractivity (Wildman–Crippen MR) is 57.3 cm³/mol. The second kappa shape index (κ2) is 3.56. The molecule has 0 aliphatic heterocycles. The van der Waals surface area contributed by atoms with Crippen molar-refractivity contribution in [3.05, 3.63) is 35.4 Å². The van der Waals surface area contributed by atoms with Crippen LogP contribution in [0.1, 0.15) is 36.8 Å². The lowest BCUT2D eigenvalue weighted by atomic mass is 10.0. The summed E-state index contributed by atoms with van der Waals surface area (Å²) in [7, 11) is 0. The zero-order valence-corrected chi connectivity index (χ0v) is 8.79. The lowest BCUT2D eigenvalue weighted by Crippen LogP contribution is -1.99. The van der Waals surface area contributed by atoms with E-state index in [2.05, 4.69) is 31.2 Å². The number of rotatable bonds is 3. The molecular formula is C13H16O.